The number of ether oxygens (including phenoxy) is 3. The Balaban J connectivity index is 2.13. The van der Waals surface area contributed by atoms with Gasteiger partial charge in [0.25, 0.3) is 5.91 Å². The number of terminal acetylenes is 1. The van der Waals surface area contributed by atoms with E-state index in [2.05, 4.69) is 10.9 Å². The minimum atomic E-state index is -0.492. The van der Waals surface area contributed by atoms with Crippen LogP contribution in [0.1, 0.15) is 27.6 Å². The molecule has 0 spiro atoms. The fraction of sp³-hybridized carbons (Fsp3) is 0.227. The van der Waals surface area contributed by atoms with E-state index in [9.17, 15) is 9.59 Å². The number of fused-ring (bicyclic) bond motifs is 1. The predicted molar refractivity (Wildman–Crippen MR) is 114 cm³/mol. The van der Waals surface area contributed by atoms with Crippen molar-refractivity contribution < 1.29 is 23.8 Å². The summed E-state index contributed by atoms with van der Waals surface area (Å²) in [5.41, 5.74) is 1.47. The van der Waals surface area contributed by atoms with Crippen LogP contribution < -0.4 is 14.3 Å². The first-order valence-corrected chi connectivity index (χ1v) is 9.89. The van der Waals surface area contributed by atoms with E-state index in [1.54, 1.807) is 47.9 Å². The molecule has 3 rings (SSSR count). The second kappa shape index (κ2) is 9.29. The summed E-state index contributed by atoms with van der Waals surface area (Å²) in [6.07, 6.45) is 5.52. The third-order valence-electron chi connectivity index (χ3n) is 4.28. The van der Waals surface area contributed by atoms with Gasteiger partial charge in [0.1, 0.15) is 11.5 Å². The fourth-order valence-corrected chi connectivity index (χ4v) is 3.94. The van der Waals surface area contributed by atoms with Gasteiger partial charge in [-0.3, -0.25) is 4.79 Å². The van der Waals surface area contributed by atoms with Crippen molar-refractivity contribution in [3.63, 3.8) is 0 Å². The number of carbonyl (C=O) groups is 2. The zero-order valence-corrected chi connectivity index (χ0v) is 17.6. The lowest BCUT2D eigenvalue weighted by Crippen LogP contribution is -2.16. The maximum absolute atomic E-state index is 12.9. The molecule has 0 unspecified atom stereocenters. The van der Waals surface area contributed by atoms with Crippen molar-refractivity contribution in [2.45, 2.75) is 13.5 Å². The molecule has 0 N–H and O–H groups in total. The number of thiazole rings is 1. The van der Waals surface area contributed by atoms with Gasteiger partial charge in [-0.1, -0.05) is 17.3 Å². The third-order valence-corrected chi connectivity index (χ3v) is 5.32. The van der Waals surface area contributed by atoms with Crippen molar-refractivity contribution >= 4 is 33.4 Å². The summed E-state index contributed by atoms with van der Waals surface area (Å²) in [7, 11) is 2.99. The number of benzene rings is 2. The van der Waals surface area contributed by atoms with Gasteiger partial charge >= 0.3 is 5.97 Å². The van der Waals surface area contributed by atoms with E-state index in [0.29, 0.717) is 21.9 Å². The molecule has 30 heavy (non-hydrogen) atoms. The van der Waals surface area contributed by atoms with Crippen LogP contribution in [0.4, 0.5) is 0 Å². The minimum absolute atomic E-state index is 0.222. The zero-order valence-electron chi connectivity index (χ0n) is 16.8. The smallest absolute Gasteiger partial charge is 0.338 e. The molecule has 0 atom stereocenters. The van der Waals surface area contributed by atoms with Crippen LogP contribution in [0, 0.1) is 12.3 Å². The van der Waals surface area contributed by atoms with Crippen LogP contribution in [0.5, 0.6) is 11.5 Å². The van der Waals surface area contributed by atoms with Gasteiger partial charge < -0.3 is 18.8 Å². The molecule has 1 amide bonds. The molecule has 0 bridgehead atoms. The Hall–Kier alpha value is -3.57. The van der Waals surface area contributed by atoms with Crippen LogP contribution in [0.25, 0.3) is 10.2 Å². The highest BCUT2D eigenvalue weighted by Crippen LogP contribution is 2.25. The molecule has 0 fully saturated rings. The summed E-state index contributed by atoms with van der Waals surface area (Å²) in [6, 6.07) is 10.1. The average molecular weight is 424 g/mol. The topological polar surface area (TPSA) is 79.1 Å². The number of nitrogens with zero attached hydrogens (tertiary/aromatic N) is 2. The number of methoxy groups -OCH3 is 2. The molecule has 0 aliphatic heterocycles. The Morgan fingerprint density at radius 1 is 1.17 bits per heavy atom. The van der Waals surface area contributed by atoms with Gasteiger partial charge in [-0.05, 0) is 43.3 Å². The molecule has 0 saturated heterocycles. The second-order valence-electron chi connectivity index (χ2n) is 6.06. The molecule has 0 aliphatic rings. The van der Waals surface area contributed by atoms with Gasteiger partial charge in [-0.2, -0.15) is 4.99 Å². The first-order valence-electron chi connectivity index (χ1n) is 9.07. The summed E-state index contributed by atoms with van der Waals surface area (Å²) in [5, 5.41) is 0. The van der Waals surface area contributed by atoms with Gasteiger partial charge in [0.15, 0.2) is 4.80 Å². The van der Waals surface area contributed by atoms with E-state index < -0.39 is 11.9 Å². The summed E-state index contributed by atoms with van der Waals surface area (Å²) in [4.78, 5) is 29.7. The van der Waals surface area contributed by atoms with Crippen molar-refractivity contribution in [2.24, 2.45) is 4.99 Å². The van der Waals surface area contributed by atoms with Crippen LogP contribution in [0.15, 0.2) is 41.4 Å². The highest BCUT2D eigenvalue weighted by Gasteiger charge is 2.16. The summed E-state index contributed by atoms with van der Waals surface area (Å²) < 4.78 is 18.0. The van der Waals surface area contributed by atoms with Gasteiger partial charge in [-0.15, -0.1) is 6.42 Å². The van der Waals surface area contributed by atoms with Gasteiger partial charge in [-0.25, -0.2) is 4.79 Å². The fourth-order valence-electron chi connectivity index (χ4n) is 2.87. The van der Waals surface area contributed by atoms with Crippen molar-refractivity contribution in [3.8, 4) is 23.8 Å². The average Bonchev–Trinajstić information content (AvgIpc) is 3.09. The lowest BCUT2D eigenvalue weighted by Gasteiger charge is -2.07. The number of esters is 1. The van der Waals surface area contributed by atoms with Crippen LogP contribution >= 0.6 is 11.3 Å². The van der Waals surface area contributed by atoms with Crippen molar-refractivity contribution in [3.05, 3.63) is 52.3 Å². The molecular weight excluding hydrogens is 404 g/mol. The Morgan fingerprint density at radius 3 is 2.63 bits per heavy atom. The van der Waals surface area contributed by atoms with Crippen LogP contribution in [0.3, 0.4) is 0 Å². The van der Waals surface area contributed by atoms with E-state index in [1.807, 2.05) is 0 Å². The molecule has 0 aliphatic carbocycles. The molecule has 0 radical (unpaired) electrons. The predicted octanol–water partition coefficient (Wildman–Crippen LogP) is 3.27. The van der Waals surface area contributed by atoms with E-state index in [-0.39, 0.29) is 18.7 Å². The molecule has 154 valence electrons. The summed E-state index contributed by atoms with van der Waals surface area (Å²) in [6.45, 7) is 2.26. The molecule has 0 saturated carbocycles. The molecular formula is C22H20N2O5S. The number of aromatic nitrogens is 1. The van der Waals surface area contributed by atoms with Crippen LogP contribution in [-0.2, 0) is 11.3 Å². The highest BCUT2D eigenvalue weighted by molar-refractivity contribution is 7.16. The molecule has 1 aromatic heterocycles. The van der Waals surface area contributed by atoms with E-state index in [1.165, 1.54) is 25.6 Å². The van der Waals surface area contributed by atoms with E-state index in [4.69, 9.17) is 20.6 Å². The van der Waals surface area contributed by atoms with Gasteiger partial charge in [0, 0.05) is 0 Å². The first-order chi connectivity index (χ1) is 14.5. The minimum Gasteiger partial charge on any atom is -0.497 e. The molecule has 7 nitrogen and oxygen atoms in total. The quantitative estimate of drug-likeness (QED) is 0.448. The Morgan fingerprint density at radius 2 is 1.97 bits per heavy atom. The normalized spacial score (nSPS) is 11.2. The molecule has 1 heterocycles. The van der Waals surface area contributed by atoms with Crippen molar-refractivity contribution in [1.29, 1.82) is 0 Å². The standard InChI is InChI=1S/C22H20N2O5S/c1-5-11-24-17-9-7-14(21(26)29-6-2)12-19(17)30-22(24)23-20(25)16-13-15(27-3)8-10-18(16)28-4/h1,7-10,12-13H,6,11H2,2-4H3. The molecule has 3 aromatic rings. The van der Waals surface area contributed by atoms with Crippen LogP contribution in [0.2, 0.25) is 0 Å². The van der Waals surface area contributed by atoms with Crippen molar-refractivity contribution in [2.75, 3.05) is 20.8 Å². The van der Waals surface area contributed by atoms with Crippen LogP contribution in [-0.4, -0.2) is 37.3 Å². The number of hydrogen-bond acceptors (Lipinski definition) is 6. The number of carbonyl (C=O) groups excluding carboxylic acids is 2. The van der Waals surface area contributed by atoms with E-state index in [0.717, 1.165) is 10.2 Å². The maximum atomic E-state index is 12.9. The highest BCUT2D eigenvalue weighted by atomic mass is 32.1. The monoisotopic (exact) mass is 424 g/mol. The Kier molecular flexibility index (Phi) is 6.54. The number of amides is 1. The first kappa shape index (κ1) is 21.1. The second-order valence-corrected chi connectivity index (χ2v) is 7.07. The zero-order chi connectivity index (χ0) is 21.7. The summed E-state index contributed by atoms with van der Waals surface area (Å²) >= 11 is 1.26. The Labute approximate surface area is 177 Å². The van der Waals surface area contributed by atoms with Gasteiger partial charge in [0.05, 0.1) is 48.7 Å². The SMILES string of the molecule is C#CCn1c(=NC(=O)c2cc(OC)ccc2OC)sc2cc(C(=O)OCC)ccc21. The lowest BCUT2D eigenvalue weighted by molar-refractivity contribution is 0.0526. The molecule has 8 heteroatoms. The number of rotatable bonds is 6. The Bertz CT molecular complexity index is 1220. The maximum Gasteiger partial charge on any atom is 0.338 e. The van der Waals surface area contributed by atoms with Gasteiger partial charge in [0.2, 0.25) is 0 Å². The van der Waals surface area contributed by atoms with Crippen molar-refractivity contribution in [1.82, 2.24) is 4.57 Å². The third kappa shape index (κ3) is 4.21. The van der Waals surface area contributed by atoms with E-state index >= 15 is 0 Å². The lowest BCUT2D eigenvalue weighted by atomic mass is 10.2. The molecule has 2 aromatic carbocycles. The summed E-state index contributed by atoms with van der Waals surface area (Å²) in [5.74, 6) is 2.58. The number of hydrogen-bond donors (Lipinski definition) is 0. The largest absolute Gasteiger partial charge is 0.497 e.